The molecular formula is C16H13N5S. The lowest BCUT2D eigenvalue weighted by molar-refractivity contribution is 0.732. The predicted octanol–water partition coefficient (Wildman–Crippen LogP) is 2.71. The molecule has 3 aromatic rings. The van der Waals surface area contributed by atoms with Gasteiger partial charge in [0.1, 0.15) is 16.9 Å². The van der Waals surface area contributed by atoms with Crippen LogP contribution >= 0.6 is 11.3 Å². The Labute approximate surface area is 131 Å². The van der Waals surface area contributed by atoms with Gasteiger partial charge in [-0.05, 0) is 24.1 Å². The van der Waals surface area contributed by atoms with Crippen LogP contribution in [-0.4, -0.2) is 16.5 Å². The number of anilines is 2. The van der Waals surface area contributed by atoms with E-state index in [9.17, 15) is 5.26 Å². The van der Waals surface area contributed by atoms with Crippen LogP contribution in [0.3, 0.4) is 0 Å². The van der Waals surface area contributed by atoms with Crippen molar-refractivity contribution in [1.82, 2.24) is 9.97 Å². The third kappa shape index (κ3) is 1.98. The molecule has 5 nitrogen and oxygen atoms in total. The third-order valence-electron chi connectivity index (χ3n) is 3.96. The van der Waals surface area contributed by atoms with Gasteiger partial charge in [-0.15, -0.1) is 11.3 Å². The van der Waals surface area contributed by atoms with Crippen molar-refractivity contribution in [3.05, 3.63) is 46.5 Å². The van der Waals surface area contributed by atoms with E-state index in [0.29, 0.717) is 10.6 Å². The number of aromatic nitrogens is 2. The summed E-state index contributed by atoms with van der Waals surface area (Å²) in [6.45, 7) is 1.56. The van der Waals surface area contributed by atoms with Crippen LogP contribution in [0, 0.1) is 11.3 Å². The number of fused-ring (bicyclic) bond motifs is 2. The maximum Gasteiger partial charge on any atom is 0.148 e. The Balaban J connectivity index is 1.70. The van der Waals surface area contributed by atoms with Gasteiger partial charge in [0.15, 0.2) is 0 Å². The number of nitrogens with zero attached hydrogens (tertiary/aromatic N) is 4. The summed E-state index contributed by atoms with van der Waals surface area (Å²) in [7, 11) is 0. The molecule has 0 atom stereocenters. The molecule has 108 valence electrons. The van der Waals surface area contributed by atoms with Crippen LogP contribution in [-0.2, 0) is 13.0 Å². The average Bonchev–Trinajstić information content (AvgIpc) is 2.88. The number of nitrogens with two attached hydrogens (primary N) is 1. The second kappa shape index (κ2) is 4.97. The summed E-state index contributed by atoms with van der Waals surface area (Å²) in [6, 6.07) is 10.1. The molecule has 0 unspecified atom stereocenters. The van der Waals surface area contributed by atoms with Gasteiger partial charge < -0.3 is 10.6 Å². The maximum atomic E-state index is 9.21. The first-order valence-corrected chi connectivity index (χ1v) is 7.85. The van der Waals surface area contributed by atoms with Crippen LogP contribution in [0.15, 0.2) is 30.5 Å². The van der Waals surface area contributed by atoms with E-state index in [2.05, 4.69) is 16.0 Å². The molecule has 1 aromatic carbocycles. The smallest absolute Gasteiger partial charge is 0.148 e. The average molecular weight is 307 g/mol. The van der Waals surface area contributed by atoms with E-state index in [4.69, 9.17) is 10.7 Å². The highest BCUT2D eigenvalue weighted by atomic mass is 32.1. The van der Waals surface area contributed by atoms with E-state index in [1.54, 1.807) is 0 Å². The van der Waals surface area contributed by atoms with Gasteiger partial charge in [-0.2, -0.15) is 5.26 Å². The maximum absolute atomic E-state index is 9.21. The van der Waals surface area contributed by atoms with Crippen LogP contribution < -0.4 is 10.6 Å². The van der Waals surface area contributed by atoms with Crippen molar-refractivity contribution in [3.8, 4) is 6.07 Å². The summed E-state index contributed by atoms with van der Waals surface area (Å²) in [4.78, 5) is 12.5. The van der Waals surface area contributed by atoms with Crippen molar-refractivity contribution in [2.45, 2.75) is 13.0 Å². The summed E-state index contributed by atoms with van der Waals surface area (Å²) >= 11 is 1.51. The fourth-order valence-corrected chi connectivity index (χ4v) is 3.93. The fraction of sp³-hybridized carbons (Fsp3) is 0.188. The van der Waals surface area contributed by atoms with Gasteiger partial charge >= 0.3 is 0 Å². The lowest BCUT2D eigenvalue weighted by Crippen LogP contribution is -2.30. The number of benzene rings is 1. The largest absolute Gasteiger partial charge is 0.389 e. The molecule has 22 heavy (non-hydrogen) atoms. The number of nitriles is 1. The third-order valence-corrected chi connectivity index (χ3v) is 5.00. The van der Waals surface area contributed by atoms with Gasteiger partial charge in [0.2, 0.25) is 0 Å². The van der Waals surface area contributed by atoms with Crippen LogP contribution in [0.2, 0.25) is 0 Å². The van der Waals surface area contributed by atoms with Crippen LogP contribution in [0.1, 0.15) is 16.0 Å². The summed E-state index contributed by atoms with van der Waals surface area (Å²) < 4.78 is 0. The second-order valence-electron chi connectivity index (χ2n) is 5.24. The normalized spacial score (nSPS) is 13.9. The minimum Gasteiger partial charge on any atom is -0.389 e. The molecule has 1 aliphatic rings. The van der Waals surface area contributed by atoms with Gasteiger partial charge in [0, 0.05) is 11.4 Å². The number of hydrogen-bond donors (Lipinski definition) is 1. The lowest BCUT2D eigenvalue weighted by atomic mass is 10.0. The zero-order valence-electron chi connectivity index (χ0n) is 11.8. The Kier molecular flexibility index (Phi) is 2.94. The van der Waals surface area contributed by atoms with Crippen LogP contribution in [0.5, 0.6) is 0 Å². The van der Waals surface area contributed by atoms with Crippen molar-refractivity contribution in [3.63, 3.8) is 0 Å². The number of para-hydroxylation sites is 2. The number of thiophene rings is 1. The van der Waals surface area contributed by atoms with Crippen molar-refractivity contribution >= 4 is 33.2 Å². The fourth-order valence-electron chi connectivity index (χ4n) is 2.84. The summed E-state index contributed by atoms with van der Waals surface area (Å²) in [5, 5.41) is 9.83. The zero-order chi connectivity index (χ0) is 15.1. The molecule has 0 radical (unpaired) electrons. The van der Waals surface area contributed by atoms with E-state index in [1.807, 2.05) is 30.5 Å². The quantitative estimate of drug-likeness (QED) is 0.748. The first-order valence-electron chi connectivity index (χ1n) is 7.03. The molecule has 2 N–H and O–H groups in total. The van der Waals surface area contributed by atoms with Gasteiger partial charge in [0.25, 0.3) is 0 Å². The molecule has 0 saturated heterocycles. The molecule has 0 bridgehead atoms. The van der Waals surface area contributed by atoms with Crippen molar-refractivity contribution < 1.29 is 0 Å². The Hall–Kier alpha value is -2.65. The van der Waals surface area contributed by atoms with Crippen LogP contribution in [0.25, 0.3) is 11.0 Å². The molecule has 0 spiro atoms. The highest BCUT2D eigenvalue weighted by molar-refractivity contribution is 7.16. The molecule has 4 rings (SSSR count). The highest BCUT2D eigenvalue weighted by Gasteiger charge is 2.24. The van der Waals surface area contributed by atoms with E-state index >= 15 is 0 Å². The minimum absolute atomic E-state index is 0.624. The highest BCUT2D eigenvalue weighted by Crippen LogP contribution is 2.35. The molecule has 1 aliphatic heterocycles. The first-order chi connectivity index (χ1) is 10.8. The van der Waals surface area contributed by atoms with Crippen molar-refractivity contribution in [2.24, 2.45) is 0 Å². The van der Waals surface area contributed by atoms with E-state index in [1.165, 1.54) is 11.3 Å². The number of nitrogen functional groups attached to an aromatic ring is 1. The SMILES string of the molecule is N#Cc1c(N)sc2c1CCN(c1cnc3ccccc3n1)C2. The molecule has 6 heteroatoms. The Morgan fingerprint density at radius 2 is 2.09 bits per heavy atom. The molecule has 0 saturated carbocycles. The Morgan fingerprint density at radius 3 is 2.91 bits per heavy atom. The molecule has 0 fully saturated rings. The molecule has 2 aromatic heterocycles. The van der Waals surface area contributed by atoms with Gasteiger partial charge in [0.05, 0.1) is 29.3 Å². The summed E-state index contributed by atoms with van der Waals surface area (Å²) in [6.07, 6.45) is 2.63. The predicted molar refractivity (Wildman–Crippen MR) is 87.7 cm³/mol. The first kappa shape index (κ1) is 13.0. The van der Waals surface area contributed by atoms with E-state index in [0.717, 1.165) is 46.8 Å². The summed E-state index contributed by atoms with van der Waals surface area (Å²) in [5.41, 5.74) is 9.50. The van der Waals surface area contributed by atoms with Crippen LogP contribution in [0.4, 0.5) is 10.8 Å². The molecule has 0 aliphatic carbocycles. The van der Waals surface area contributed by atoms with Crippen molar-refractivity contribution in [1.29, 1.82) is 5.26 Å². The van der Waals surface area contributed by atoms with E-state index in [-0.39, 0.29) is 0 Å². The Morgan fingerprint density at radius 1 is 1.27 bits per heavy atom. The topological polar surface area (TPSA) is 78.8 Å². The lowest BCUT2D eigenvalue weighted by Gasteiger charge is -2.27. The monoisotopic (exact) mass is 307 g/mol. The minimum atomic E-state index is 0.624. The van der Waals surface area contributed by atoms with E-state index < -0.39 is 0 Å². The van der Waals surface area contributed by atoms with Gasteiger partial charge in [-0.3, -0.25) is 4.98 Å². The second-order valence-corrected chi connectivity index (χ2v) is 6.38. The van der Waals surface area contributed by atoms with Crippen molar-refractivity contribution in [2.75, 3.05) is 17.2 Å². The zero-order valence-corrected chi connectivity index (χ0v) is 12.6. The standard InChI is InChI=1S/C16H13N5S/c17-7-11-10-5-6-21(9-14(10)22-16(11)18)15-8-19-12-3-1-2-4-13(12)20-15/h1-4,8H,5-6,9,18H2. The van der Waals surface area contributed by atoms with Gasteiger partial charge in [-0.25, -0.2) is 4.98 Å². The summed E-state index contributed by atoms with van der Waals surface area (Å²) in [5.74, 6) is 0.870. The number of rotatable bonds is 1. The van der Waals surface area contributed by atoms with Gasteiger partial charge in [-0.1, -0.05) is 12.1 Å². The Bertz CT molecular complexity index is 909. The molecule has 3 heterocycles. The molecular weight excluding hydrogens is 294 g/mol. The number of hydrogen-bond acceptors (Lipinski definition) is 6. The molecule has 0 amide bonds.